The lowest BCUT2D eigenvalue weighted by atomic mass is 10.0. The first-order chi connectivity index (χ1) is 13.6. The second-order valence-electron chi connectivity index (χ2n) is 5.81. The Morgan fingerprint density at radius 3 is 2.04 bits per heavy atom. The first-order valence-corrected chi connectivity index (χ1v) is 9.11. The molecule has 0 saturated carbocycles. The molecule has 0 radical (unpaired) electrons. The quantitative estimate of drug-likeness (QED) is 0.525. The molecule has 0 fully saturated rings. The molecule has 0 aliphatic carbocycles. The zero-order valence-corrected chi connectivity index (χ0v) is 16.4. The summed E-state index contributed by atoms with van der Waals surface area (Å²) in [5.41, 5.74) is 1.78. The number of hydrogen-bond acceptors (Lipinski definition) is 6. The fraction of sp³-hybridized carbons (Fsp3) is 0.273. The highest BCUT2D eigenvalue weighted by molar-refractivity contribution is 6.02. The van der Waals surface area contributed by atoms with Crippen LogP contribution in [-0.2, 0) is 25.5 Å². The van der Waals surface area contributed by atoms with E-state index in [9.17, 15) is 9.59 Å². The standard InChI is InChI=1S/C22H25NO5/c1-4-27-21(24)19(15-16-11-13-18(26-3)14-12-16)20(22(25)28-5-2)23-17-9-7-6-8-10-17/h6-14,23H,4-5,15H2,1-3H3/b20-19+. The third-order valence-corrected chi connectivity index (χ3v) is 3.89. The van der Waals surface area contributed by atoms with Crippen molar-refractivity contribution in [2.45, 2.75) is 20.3 Å². The molecule has 1 N–H and O–H groups in total. The molecule has 0 aliphatic heterocycles. The number of carbonyl (C=O) groups is 2. The Labute approximate surface area is 165 Å². The molecule has 0 saturated heterocycles. The maximum absolute atomic E-state index is 12.7. The topological polar surface area (TPSA) is 73.9 Å². The minimum absolute atomic E-state index is 0.0716. The number of rotatable bonds is 9. The van der Waals surface area contributed by atoms with Crippen LogP contribution in [0.15, 0.2) is 65.9 Å². The van der Waals surface area contributed by atoms with Gasteiger partial charge in [-0.25, -0.2) is 9.59 Å². The van der Waals surface area contributed by atoms with Gasteiger partial charge in [0.15, 0.2) is 0 Å². The lowest BCUT2D eigenvalue weighted by Gasteiger charge is -2.16. The molecule has 148 valence electrons. The Balaban J connectivity index is 2.47. The summed E-state index contributed by atoms with van der Waals surface area (Å²) in [6.07, 6.45) is 0.205. The van der Waals surface area contributed by atoms with Crippen molar-refractivity contribution < 1.29 is 23.8 Å². The molecule has 0 spiro atoms. The van der Waals surface area contributed by atoms with E-state index in [1.54, 1.807) is 45.2 Å². The number of esters is 2. The summed E-state index contributed by atoms with van der Waals surface area (Å²) < 4.78 is 15.5. The average molecular weight is 383 g/mol. The molecule has 6 nitrogen and oxygen atoms in total. The van der Waals surface area contributed by atoms with Gasteiger partial charge in [0.25, 0.3) is 0 Å². The normalized spacial score (nSPS) is 11.2. The Morgan fingerprint density at radius 1 is 0.857 bits per heavy atom. The predicted molar refractivity (Wildman–Crippen MR) is 107 cm³/mol. The zero-order chi connectivity index (χ0) is 20.4. The maximum Gasteiger partial charge on any atom is 0.355 e. The summed E-state index contributed by atoms with van der Waals surface area (Å²) in [6.45, 7) is 3.83. The molecular formula is C22H25NO5. The summed E-state index contributed by atoms with van der Waals surface area (Å²) >= 11 is 0. The zero-order valence-electron chi connectivity index (χ0n) is 16.4. The van der Waals surface area contributed by atoms with Gasteiger partial charge in [0.05, 0.1) is 25.9 Å². The number of benzene rings is 2. The molecule has 0 aliphatic rings. The van der Waals surface area contributed by atoms with Crippen molar-refractivity contribution in [1.29, 1.82) is 0 Å². The minimum atomic E-state index is -0.608. The minimum Gasteiger partial charge on any atom is -0.497 e. The Hall–Kier alpha value is -3.28. The van der Waals surface area contributed by atoms with E-state index in [4.69, 9.17) is 14.2 Å². The van der Waals surface area contributed by atoms with Crippen LogP contribution >= 0.6 is 0 Å². The Morgan fingerprint density at radius 2 is 1.46 bits per heavy atom. The van der Waals surface area contributed by atoms with E-state index < -0.39 is 11.9 Å². The SMILES string of the molecule is CCOC(=O)/C(Cc1ccc(OC)cc1)=C(/Nc1ccccc1)C(=O)OCC. The van der Waals surface area contributed by atoms with Gasteiger partial charge in [-0.05, 0) is 43.7 Å². The number of para-hydroxylation sites is 1. The van der Waals surface area contributed by atoms with E-state index in [0.717, 1.165) is 5.56 Å². The van der Waals surface area contributed by atoms with E-state index in [1.807, 2.05) is 30.3 Å². The van der Waals surface area contributed by atoms with E-state index in [1.165, 1.54) is 0 Å². The Bertz CT molecular complexity index is 813. The molecule has 0 bridgehead atoms. The van der Waals surface area contributed by atoms with Crippen LogP contribution in [0.3, 0.4) is 0 Å². The monoisotopic (exact) mass is 383 g/mol. The van der Waals surface area contributed by atoms with Gasteiger partial charge in [-0.3, -0.25) is 0 Å². The lowest BCUT2D eigenvalue weighted by Crippen LogP contribution is -2.23. The number of ether oxygens (including phenoxy) is 3. The van der Waals surface area contributed by atoms with Crippen molar-refractivity contribution >= 4 is 17.6 Å². The third-order valence-electron chi connectivity index (χ3n) is 3.89. The third kappa shape index (κ3) is 5.87. The smallest absolute Gasteiger partial charge is 0.355 e. The van der Waals surface area contributed by atoms with E-state index in [-0.39, 0.29) is 30.9 Å². The van der Waals surface area contributed by atoms with Gasteiger partial charge >= 0.3 is 11.9 Å². The van der Waals surface area contributed by atoms with Gasteiger partial charge in [-0.15, -0.1) is 0 Å². The van der Waals surface area contributed by atoms with Crippen molar-refractivity contribution in [1.82, 2.24) is 0 Å². The largest absolute Gasteiger partial charge is 0.497 e. The van der Waals surface area contributed by atoms with Gasteiger partial charge in [0.1, 0.15) is 11.4 Å². The molecule has 0 heterocycles. The fourth-order valence-electron chi connectivity index (χ4n) is 2.55. The summed E-state index contributed by atoms with van der Waals surface area (Å²) in [5, 5.41) is 3.03. The highest BCUT2D eigenvalue weighted by Gasteiger charge is 2.24. The number of nitrogens with one attached hydrogen (secondary N) is 1. The first kappa shape index (κ1) is 21.0. The average Bonchev–Trinajstić information content (AvgIpc) is 2.72. The Kier molecular flexibility index (Phi) is 8.09. The van der Waals surface area contributed by atoms with Crippen LogP contribution in [0.1, 0.15) is 19.4 Å². The van der Waals surface area contributed by atoms with Gasteiger partial charge in [0.2, 0.25) is 0 Å². The molecule has 2 aromatic rings. The van der Waals surface area contributed by atoms with Gasteiger partial charge in [-0.2, -0.15) is 0 Å². The van der Waals surface area contributed by atoms with Crippen LogP contribution in [0.4, 0.5) is 5.69 Å². The van der Waals surface area contributed by atoms with E-state index in [0.29, 0.717) is 11.4 Å². The molecular weight excluding hydrogens is 358 g/mol. The van der Waals surface area contributed by atoms with Gasteiger partial charge in [-0.1, -0.05) is 30.3 Å². The van der Waals surface area contributed by atoms with Crippen LogP contribution in [-0.4, -0.2) is 32.3 Å². The molecule has 2 aromatic carbocycles. The molecule has 0 atom stereocenters. The lowest BCUT2D eigenvalue weighted by molar-refractivity contribution is -0.141. The van der Waals surface area contributed by atoms with Gasteiger partial charge < -0.3 is 19.5 Å². The fourth-order valence-corrected chi connectivity index (χ4v) is 2.55. The molecule has 0 unspecified atom stereocenters. The molecule has 2 rings (SSSR count). The number of carbonyl (C=O) groups excluding carboxylic acids is 2. The highest BCUT2D eigenvalue weighted by Crippen LogP contribution is 2.20. The number of hydrogen-bond donors (Lipinski definition) is 1. The van der Waals surface area contributed by atoms with Crippen LogP contribution in [0.5, 0.6) is 5.75 Å². The maximum atomic E-state index is 12.7. The molecule has 0 aromatic heterocycles. The van der Waals surface area contributed by atoms with Crippen molar-refractivity contribution in [2.75, 3.05) is 25.6 Å². The van der Waals surface area contributed by atoms with Crippen molar-refractivity contribution in [3.63, 3.8) is 0 Å². The second-order valence-corrected chi connectivity index (χ2v) is 5.81. The van der Waals surface area contributed by atoms with Crippen molar-refractivity contribution in [2.24, 2.45) is 0 Å². The first-order valence-electron chi connectivity index (χ1n) is 9.11. The van der Waals surface area contributed by atoms with Crippen molar-refractivity contribution in [3.05, 3.63) is 71.4 Å². The molecule has 0 amide bonds. The highest BCUT2D eigenvalue weighted by atomic mass is 16.5. The van der Waals surface area contributed by atoms with Crippen LogP contribution in [0, 0.1) is 0 Å². The van der Waals surface area contributed by atoms with Gasteiger partial charge in [0, 0.05) is 12.1 Å². The van der Waals surface area contributed by atoms with Crippen molar-refractivity contribution in [3.8, 4) is 5.75 Å². The summed E-state index contributed by atoms with van der Waals surface area (Å²) in [7, 11) is 1.58. The predicted octanol–water partition coefficient (Wildman–Crippen LogP) is 3.73. The van der Waals surface area contributed by atoms with Crippen LogP contribution in [0.2, 0.25) is 0 Å². The van der Waals surface area contributed by atoms with Crippen LogP contribution in [0.25, 0.3) is 0 Å². The summed E-state index contributed by atoms with van der Waals surface area (Å²) in [4.78, 5) is 25.3. The summed E-state index contributed by atoms with van der Waals surface area (Å²) in [6, 6.07) is 16.4. The number of methoxy groups -OCH3 is 1. The second kappa shape index (κ2) is 10.8. The van der Waals surface area contributed by atoms with E-state index in [2.05, 4.69) is 5.32 Å². The molecule has 28 heavy (non-hydrogen) atoms. The molecule has 6 heteroatoms. The summed E-state index contributed by atoms with van der Waals surface area (Å²) in [5.74, 6) is -0.467. The van der Waals surface area contributed by atoms with Crippen LogP contribution < -0.4 is 10.1 Å². The number of anilines is 1. The van der Waals surface area contributed by atoms with E-state index >= 15 is 0 Å².